The molecule has 3 N–H and O–H groups in total. The van der Waals surface area contributed by atoms with Crippen molar-refractivity contribution in [3.8, 4) is 0 Å². The van der Waals surface area contributed by atoms with E-state index in [1.54, 1.807) is 18.2 Å². The smallest absolute Gasteiger partial charge is 0.478 e. The van der Waals surface area contributed by atoms with E-state index in [4.69, 9.17) is 15.0 Å². The molecule has 0 amide bonds. The Bertz CT molecular complexity index is 636. The van der Waals surface area contributed by atoms with Crippen molar-refractivity contribution in [1.82, 2.24) is 0 Å². The molecule has 0 aromatic heterocycles. The van der Waals surface area contributed by atoms with Gasteiger partial charge in [-0.15, -0.1) is 0 Å². The van der Waals surface area contributed by atoms with Crippen LogP contribution in [0.2, 0.25) is 0 Å². The first-order valence-corrected chi connectivity index (χ1v) is 7.67. The molecule has 6 heteroatoms. The first-order valence-electron chi connectivity index (χ1n) is 7.67. The summed E-state index contributed by atoms with van der Waals surface area (Å²) in [6.07, 6.45) is 1.76. The normalized spacial score (nSPS) is 19.9. The molecule has 0 spiro atoms. The first-order chi connectivity index (χ1) is 10.6. The molecule has 0 bridgehead atoms. The summed E-state index contributed by atoms with van der Waals surface area (Å²) in [5.41, 5.74) is 7.47. The summed E-state index contributed by atoms with van der Waals surface area (Å²) in [6.45, 7) is 10.0. The van der Waals surface area contributed by atoms with Crippen LogP contribution in [0.5, 0.6) is 0 Å². The minimum absolute atomic E-state index is 0.226. The highest BCUT2D eigenvalue weighted by Gasteiger charge is 2.52. The fourth-order valence-corrected chi connectivity index (χ4v) is 2.41. The Morgan fingerprint density at radius 2 is 1.83 bits per heavy atom. The maximum atomic E-state index is 11.4. The van der Waals surface area contributed by atoms with Crippen LogP contribution in [0.4, 0.5) is 0 Å². The quantitative estimate of drug-likeness (QED) is 0.834. The summed E-state index contributed by atoms with van der Waals surface area (Å²) >= 11 is 0. The van der Waals surface area contributed by atoms with E-state index in [1.807, 2.05) is 40.7 Å². The molecule has 0 atom stereocenters. The van der Waals surface area contributed by atoms with Crippen molar-refractivity contribution in [3.63, 3.8) is 0 Å². The molecule has 23 heavy (non-hydrogen) atoms. The number of benzene rings is 1. The summed E-state index contributed by atoms with van der Waals surface area (Å²) < 4.78 is 12.0. The third-order valence-corrected chi connectivity index (χ3v) is 4.57. The van der Waals surface area contributed by atoms with Crippen molar-refractivity contribution < 1.29 is 19.2 Å². The summed E-state index contributed by atoms with van der Waals surface area (Å²) in [4.78, 5) is 11.4. The number of aromatic carboxylic acids is 1. The number of hydrogen-bond donors (Lipinski definition) is 2. The molecule has 5 nitrogen and oxygen atoms in total. The SMILES string of the molecule is Cc1ccc(C(=O)O)c(C=C(CN)B2OC(C)(C)C(C)(C)O2)c1. The molecule has 2 rings (SSSR count). The van der Waals surface area contributed by atoms with Crippen LogP contribution in [-0.4, -0.2) is 35.9 Å². The van der Waals surface area contributed by atoms with Gasteiger partial charge in [-0.3, -0.25) is 0 Å². The minimum atomic E-state index is -0.971. The number of rotatable bonds is 4. The van der Waals surface area contributed by atoms with Crippen LogP contribution in [-0.2, 0) is 9.31 Å². The third-order valence-electron chi connectivity index (χ3n) is 4.57. The highest BCUT2D eigenvalue weighted by atomic mass is 16.7. The van der Waals surface area contributed by atoms with E-state index in [0.717, 1.165) is 11.0 Å². The van der Waals surface area contributed by atoms with Crippen molar-refractivity contribution in [2.75, 3.05) is 6.54 Å². The molecule has 1 fully saturated rings. The lowest BCUT2D eigenvalue weighted by atomic mass is 9.76. The second-order valence-electron chi connectivity index (χ2n) is 6.91. The van der Waals surface area contributed by atoms with Crippen LogP contribution >= 0.6 is 0 Å². The van der Waals surface area contributed by atoms with Gasteiger partial charge in [0.2, 0.25) is 0 Å². The molecule has 0 saturated carbocycles. The summed E-state index contributed by atoms with van der Waals surface area (Å²) in [7, 11) is -0.577. The number of carbonyl (C=O) groups is 1. The highest BCUT2D eigenvalue weighted by molar-refractivity contribution is 6.56. The topological polar surface area (TPSA) is 81.8 Å². The Balaban J connectivity index is 2.41. The van der Waals surface area contributed by atoms with E-state index in [-0.39, 0.29) is 12.1 Å². The molecular weight excluding hydrogens is 293 g/mol. The average molecular weight is 317 g/mol. The summed E-state index contributed by atoms with van der Waals surface area (Å²) in [5.74, 6) is -0.971. The number of aryl methyl sites for hydroxylation is 1. The van der Waals surface area contributed by atoms with Gasteiger partial charge in [-0.25, -0.2) is 4.79 Å². The van der Waals surface area contributed by atoms with Crippen molar-refractivity contribution in [3.05, 3.63) is 40.4 Å². The zero-order valence-corrected chi connectivity index (χ0v) is 14.3. The van der Waals surface area contributed by atoms with Crippen molar-refractivity contribution in [2.24, 2.45) is 5.73 Å². The third kappa shape index (κ3) is 3.49. The van der Waals surface area contributed by atoms with Gasteiger partial charge in [0.15, 0.2) is 0 Å². The molecule has 1 aliphatic heterocycles. The van der Waals surface area contributed by atoms with Crippen LogP contribution in [0.25, 0.3) is 6.08 Å². The van der Waals surface area contributed by atoms with Gasteiger partial charge >= 0.3 is 13.1 Å². The van der Waals surface area contributed by atoms with E-state index in [2.05, 4.69) is 0 Å². The van der Waals surface area contributed by atoms with Crippen LogP contribution in [0.1, 0.15) is 49.2 Å². The van der Waals surface area contributed by atoms with Gasteiger partial charge < -0.3 is 20.1 Å². The van der Waals surface area contributed by atoms with E-state index in [0.29, 0.717) is 5.56 Å². The number of carboxylic acids is 1. The zero-order valence-electron chi connectivity index (χ0n) is 14.3. The Morgan fingerprint density at radius 1 is 1.26 bits per heavy atom. The predicted octanol–water partition coefficient (Wildman–Crippen LogP) is 2.67. The van der Waals surface area contributed by atoms with E-state index in [1.165, 1.54) is 0 Å². The van der Waals surface area contributed by atoms with Crippen LogP contribution < -0.4 is 5.73 Å². The van der Waals surface area contributed by atoms with Gasteiger partial charge in [0.05, 0.1) is 16.8 Å². The van der Waals surface area contributed by atoms with Crippen LogP contribution in [0.3, 0.4) is 0 Å². The van der Waals surface area contributed by atoms with E-state index >= 15 is 0 Å². The number of hydrogen-bond acceptors (Lipinski definition) is 4. The molecule has 0 radical (unpaired) electrons. The molecule has 1 aliphatic rings. The molecular formula is C17H24BNO4. The minimum Gasteiger partial charge on any atom is -0.478 e. The molecule has 0 unspecified atom stereocenters. The Hall–Kier alpha value is -1.63. The van der Waals surface area contributed by atoms with Crippen molar-refractivity contribution >= 4 is 19.2 Å². The Morgan fingerprint density at radius 3 is 2.30 bits per heavy atom. The van der Waals surface area contributed by atoms with Crippen LogP contribution in [0.15, 0.2) is 23.7 Å². The van der Waals surface area contributed by atoms with E-state index < -0.39 is 24.3 Å². The van der Waals surface area contributed by atoms with Gasteiger partial charge in [-0.05, 0) is 51.7 Å². The van der Waals surface area contributed by atoms with Gasteiger partial charge in [0.1, 0.15) is 0 Å². The lowest BCUT2D eigenvalue weighted by molar-refractivity contribution is 0.00578. The Kier molecular flexibility index (Phi) is 4.71. The zero-order chi connectivity index (χ0) is 17.4. The summed E-state index contributed by atoms with van der Waals surface area (Å²) in [6, 6.07) is 5.20. The average Bonchev–Trinajstić information content (AvgIpc) is 2.64. The second kappa shape index (κ2) is 6.11. The molecule has 1 saturated heterocycles. The Labute approximate surface area is 137 Å². The molecule has 1 aromatic carbocycles. The fraction of sp³-hybridized carbons (Fsp3) is 0.471. The fourth-order valence-electron chi connectivity index (χ4n) is 2.41. The number of nitrogens with two attached hydrogens (primary N) is 1. The standard InChI is InChI=1S/C17H24BNO4/c1-11-6-7-14(15(20)21)12(8-11)9-13(10-19)18-22-16(2,3)17(4,5)23-18/h6-9H,10,19H2,1-5H3,(H,20,21). The lowest BCUT2D eigenvalue weighted by Gasteiger charge is -2.32. The van der Waals surface area contributed by atoms with Crippen molar-refractivity contribution in [2.45, 2.75) is 45.8 Å². The van der Waals surface area contributed by atoms with Gasteiger partial charge in [-0.1, -0.05) is 23.8 Å². The predicted molar refractivity (Wildman–Crippen MR) is 91.3 cm³/mol. The molecule has 1 aromatic rings. The monoisotopic (exact) mass is 317 g/mol. The molecule has 0 aliphatic carbocycles. The first kappa shape index (κ1) is 17.7. The van der Waals surface area contributed by atoms with Gasteiger partial charge in [0, 0.05) is 6.54 Å². The summed E-state index contributed by atoms with van der Waals surface area (Å²) in [5, 5.41) is 9.35. The van der Waals surface area contributed by atoms with Gasteiger partial charge in [-0.2, -0.15) is 0 Å². The lowest BCUT2D eigenvalue weighted by Crippen LogP contribution is -2.41. The van der Waals surface area contributed by atoms with Gasteiger partial charge in [0.25, 0.3) is 0 Å². The highest BCUT2D eigenvalue weighted by Crippen LogP contribution is 2.38. The largest absolute Gasteiger partial charge is 0.491 e. The maximum absolute atomic E-state index is 11.4. The maximum Gasteiger partial charge on any atom is 0.491 e. The van der Waals surface area contributed by atoms with Crippen molar-refractivity contribution in [1.29, 1.82) is 0 Å². The number of carboxylic acid groups (broad SMARTS) is 1. The second-order valence-corrected chi connectivity index (χ2v) is 6.91. The molecule has 1 heterocycles. The van der Waals surface area contributed by atoms with E-state index in [9.17, 15) is 9.90 Å². The van der Waals surface area contributed by atoms with Crippen LogP contribution in [0, 0.1) is 6.92 Å². The molecule has 124 valence electrons.